The molecule has 0 unspecified atom stereocenters. The first kappa shape index (κ1) is 15.5. The van der Waals surface area contributed by atoms with Crippen LogP contribution >= 0.6 is 0 Å². The van der Waals surface area contributed by atoms with Crippen LogP contribution < -0.4 is 10.9 Å². The van der Waals surface area contributed by atoms with Gasteiger partial charge in [-0.15, -0.1) is 0 Å². The predicted molar refractivity (Wildman–Crippen MR) is 85.8 cm³/mol. The van der Waals surface area contributed by atoms with E-state index in [1.165, 1.54) is 6.07 Å². The fraction of sp³-hybridized carbons (Fsp3) is 0.333. The van der Waals surface area contributed by atoms with E-state index in [-0.39, 0.29) is 23.5 Å². The Balaban J connectivity index is 1.79. The van der Waals surface area contributed by atoms with Crippen LogP contribution in [0.15, 0.2) is 35.1 Å². The molecule has 1 atom stereocenters. The van der Waals surface area contributed by atoms with Gasteiger partial charge in [0, 0.05) is 17.8 Å². The van der Waals surface area contributed by atoms with Crippen LogP contribution in [0.1, 0.15) is 40.5 Å². The number of hydrogen-bond acceptors (Lipinski definition) is 2. The Hall–Kier alpha value is -2.43. The molecule has 0 saturated carbocycles. The average Bonchev–Trinajstić information content (AvgIpc) is 2.53. The van der Waals surface area contributed by atoms with E-state index in [0.717, 1.165) is 30.5 Å². The third kappa shape index (κ3) is 3.33. The Labute approximate surface area is 133 Å². The van der Waals surface area contributed by atoms with Crippen LogP contribution in [0.3, 0.4) is 0 Å². The number of pyridine rings is 1. The summed E-state index contributed by atoms with van der Waals surface area (Å²) < 4.78 is 13.6. The van der Waals surface area contributed by atoms with Gasteiger partial charge in [-0.2, -0.15) is 0 Å². The lowest BCUT2D eigenvalue weighted by molar-refractivity contribution is 0.0949. The van der Waals surface area contributed by atoms with Crippen LogP contribution in [-0.4, -0.2) is 10.9 Å². The monoisotopic (exact) mass is 314 g/mol. The average molecular weight is 314 g/mol. The SMILES string of the molecule is C[C@H]1CCc2[nH]c(=O)c(C(=O)NCc3ccccc3F)cc2C1. The van der Waals surface area contributed by atoms with E-state index in [1.807, 2.05) is 0 Å². The van der Waals surface area contributed by atoms with Gasteiger partial charge >= 0.3 is 0 Å². The first-order valence-corrected chi connectivity index (χ1v) is 7.81. The number of carbonyl (C=O) groups excluding carboxylic acids is 1. The van der Waals surface area contributed by atoms with E-state index in [2.05, 4.69) is 17.2 Å². The highest BCUT2D eigenvalue weighted by molar-refractivity contribution is 5.94. The van der Waals surface area contributed by atoms with Gasteiger partial charge in [0.15, 0.2) is 0 Å². The Morgan fingerprint density at radius 3 is 2.96 bits per heavy atom. The van der Waals surface area contributed by atoms with Crippen molar-refractivity contribution in [2.75, 3.05) is 0 Å². The molecule has 0 aliphatic heterocycles. The normalized spacial score (nSPS) is 16.7. The van der Waals surface area contributed by atoms with Crippen molar-refractivity contribution in [2.24, 2.45) is 5.92 Å². The molecule has 0 fully saturated rings. The van der Waals surface area contributed by atoms with Crippen LogP contribution in [0, 0.1) is 11.7 Å². The fourth-order valence-corrected chi connectivity index (χ4v) is 2.97. The number of halogens is 1. The number of fused-ring (bicyclic) bond motifs is 1. The zero-order valence-corrected chi connectivity index (χ0v) is 13.0. The molecule has 4 nitrogen and oxygen atoms in total. The standard InChI is InChI=1S/C18H19FN2O2/c1-11-6-7-16-13(8-11)9-14(18(23)21-16)17(22)20-10-12-4-2-3-5-15(12)19/h2-5,9,11H,6-8,10H2,1H3,(H,20,22)(H,21,23)/t11-/m0/s1. The second-order valence-corrected chi connectivity index (χ2v) is 6.14. The van der Waals surface area contributed by atoms with Gasteiger partial charge in [-0.25, -0.2) is 4.39 Å². The Kier molecular flexibility index (Phi) is 4.28. The van der Waals surface area contributed by atoms with Crippen molar-refractivity contribution in [3.8, 4) is 0 Å². The molecule has 0 bridgehead atoms. The first-order chi connectivity index (χ1) is 11.0. The summed E-state index contributed by atoms with van der Waals surface area (Å²) in [6, 6.07) is 7.93. The van der Waals surface area contributed by atoms with Crippen LogP contribution in [0.5, 0.6) is 0 Å². The summed E-state index contributed by atoms with van der Waals surface area (Å²) in [5.41, 5.74) is 2.06. The lowest BCUT2D eigenvalue weighted by Crippen LogP contribution is -2.31. The molecule has 0 spiro atoms. The summed E-state index contributed by atoms with van der Waals surface area (Å²) in [7, 11) is 0. The van der Waals surface area contributed by atoms with E-state index < -0.39 is 5.91 Å². The number of nitrogens with one attached hydrogen (secondary N) is 2. The van der Waals surface area contributed by atoms with Gasteiger partial charge in [-0.1, -0.05) is 25.1 Å². The molecule has 1 aliphatic rings. The van der Waals surface area contributed by atoms with Crippen molar-refractivity contribution in [1.82, 2.24) is 10.3 Å². The summed E-state index contributed by atoms with van der Waals surface area (Å²) in [5.74, 6) is -0.306. The highest BCUT2D eigenvalue weighted by atomic mass is 19.1. The van der Waals surface area contributed by atoms with Crippen molar-refractivity contribution < 1.29 is 9.18 Å². The van der Waals surface area contributed by atoms with E-state index in [9.17, 15) is 14.0 Å². The number of rotatable bonds is 3. The van der Waals surface area contributed by atoms with Gasteiger partial charge in [0.25, 0.3) is 11.5 Å². The maximum absolute atomic E-state index is 13.6. The second-order valence-electron chi connectivity index (χ2n) is 6.14. The van der Waals surface area contributed by atoms with Crippen molar-refractivity contribution in [2.45, 2.75) is 32.7 Å². The predicted octanol–water partition coefficient (Wildman–Crippen LogP) is 2.57. The van der Waals surface area contributed by atoms with Crippen molar-refractivity contribution in [1.29, 1.82) is 0 Å². The molecule has 0 radical (unpaired) electrons. The van der Waals surface area contributed by atoms with Gasteiger partial charge in [0.1, 0.15) is 11.4 Å². The summed E-state index contributed by atoms with van der Waals surface area (Å²) in [6.07, 6.45) is 2.74. The number of amides is 1. The molecule has 2 aromatic rings. The zero-order valence-electron chi connectivity index (χ0n) is 13.0. The van der Waals surface area contributed by atoms with Crippen LogP contribution in [-0.2, 0) is 19.4 Å². The molecule has 5 heteroatoms. The molecule has 0 saturated heterocycles. The lowest BCUT2D eigenvalue weighted by atomic mass is 9.87. The molecule has 2 N–H and O–H groups in total. The van der Waals surface area contributed by atoms with Gasteiger partial charge in [0.2, 0.25) is 0 Å². The van der Waals surface area contributed by atoms with Gasteiger partial charge in [-0.05, 0) is 42.9 Å². The fourth-order valence-electron chi connectivity index (χ4n) is 2.97. The van der Waals surface area contributed by atoms with E-state index >= 15 is 0 Å². The molecule has 3 rings (SSSR count). The molecule has 23 heavy (non-hydrogen) atoms. The number of aromatic nitrogens is 1. The third-order valence-electron chi connectivity index (χ3n) is 4.31. The number of aromatic amines is 1. The minimum Gasteiger partial charge on any atom is -0.348 e. The minimum atomic E-state index is -0.476. The summed E-state index contributed by atoms with van der Waals surface area (Å²) in [6.45, 7) is 2.21. The first-order valence-electron chi connectivity index (χ1n) is 7.81. The van der Waals surface area contributed by atoms with Crippen molar-refractivity contribution in [3.05, 3.63) is 68.9 Å². The molecule has 120 valence electrons. The van der Waals surface area contributed by atoms with Gasteiger partial charge in [0.05, 0.1) is 0 Å². The summed E-state index contributed by atoms with van der Waals surface area (Å²) >= 11 is 0. The zero-order chi connectivity index (χ0) is 16.4. The maximum Gasteiger partial charge on any atom is 0.261 e. The van der Waals surface area contributed by atoms with Crippen LogP contribution in [0.4, 0.5) is 4.39 Å². The molecule has 1 amide bonds. The smallest absolute Gasteiger partial charge is 0.261 e. The minimum absolute atomic E-state index is 0.0540. The second kappa shape index (κ2) is 6.36. The molecule has 1 aliphatic carbocycles. The summed E-state index contributed by atoms with van der Waals surface area (Å²) in [5, 5.41) is 2.62. The van der Waals surface area contributed by atoms with Crippen molar-refractivity contribution >= 4 is 5.91 Å². The van der Waals surface area contributed by atoms with Crippen molar-refractivity contribution in [3.63, 3.8) is 0 Å². The number of H-pyrrole nitrogens is 1. The van der Waals surface area contributed by atoms with Crippen LogP contribution in [0.2, 0.25) is 0 Å². The molecule has 1 aromatic carbocycles. The molecular formula is C18H19FN2O2. The molecule has 1 aromatic heterocycles. The van der Waals surface area contributed by atoms with E-state index in [1.54, 1.807) is 24.3 Å². The largest absolute Gasteiger partial charge is 0.348 e. The Morgan fingerprint density at radius 2 is 2.17 bits per heavy atom. The Morgan fingerprint density at radius 1 is 1.39 bits per heavy atom. The number of hydrogen-bond donors (Lipinski definition) is 2. The van der Waals surface area contributed by atoms with Crippen LogP contribution in [0.25, 0.3) is 0 Å². The topological polar surface area (TPSA) is 62.0 Å². The van der Waals surface area contributed by atoms with Gasteiger partial charge < -0.3 is 10.3 Å². The Bertz CT molecular complexity index is 798. The maximum atomic E-state index is 13.6. The molecular weight excluding hydrogens is 295 g/mol. The summed E-state index contributed by atoms with van der Waals surface area (Å²) in [4.78, 5) is 27.2. The number of aryl methyl sites for hydroxylation is 1. The lowest BCUT2D eigenvalue weighted by Gasteiger charge is -2.21. The highest BCUT2D eigenvalue weighted by Crippen LogP contribution is 2.23. The number of carbonyl (C=O) groups is 1. The molecule has 1 heterocycles. The third-order valence-corrected chi connectivity index (χ3v) is 4.31. The van der Waals surface area contributed by atoms with Gasteiger partial charge in [-0.3, -0.25) is 9.59 Å². The van der Waals surface area contributed by atoms with E-state index in [0.29, 0.717) is 11.5 Å². The highest BCUT2D eigenvalue weighted by Gasteiger charge is 2.20. The quantitative estimate of drug-likeness (QED) is 0.914. The number of benzene rings is 1. The van der Waals surface area contributed by atoms with E-state index in [4.69, 9.17) is 0 Å².